The third-order valence-corrected chi connectivity index (χ3v) is 3.26. The van der Waals surface area contributed by atoms with E-state index in [2.05, 4.69) is 5.32 Å². The van der Waals surface area contributed by atoms with Crippen LogP contribution >= 0.6 is 0 Å². The molecule has 0 spiro atoms. The molecule has 3 nitrogen and oxygen atoms in total. The van der Waals surface area contributed by atoms with E-state index < -0.39 is 0 Å². The van der Waals surface area contributed by atoms with Crippen LogP contribution in [0.4, 0.5) is 4.39 Å². The summed E-state index contributed by atoms with van der Waals surface area (Å²) in [6.07, 6.45) is 1.83. The van der Waals surface area contributed by atoms with E-state index in [4.69, 9.17) is 0 Å². The van der Waals surface area contributed by atoms with Gasteiger partial charge in [-0.15, -0.1) is 0 Å². The molecule has 1 aliphatic carbocycles. The van der Waals surface area contributed by atoms with Crippen molar-refractivity contribution in [3.8, 4) is 5.75 Å². The number of nitrogens with one attached hydrogen (secondary N) is 1. The van der Waals surface area contributed by atoms with Gasteiger partial charge < -0.3 is 15.5 Å². The SMILES string of the molecule is CC(NCC(O)C1CC1)c1cc(F)ccc1O. The molecule has 0 heterocycles. The molecule has 0 bridgehead atoms. The Kier molecular flexibility index (Phi) is 3.64. The number of rotatable bonds is 5. The number of aromatic hydroxyl groups is 1. The van der Waals surface area contributed by atoms with Crippen LogP contribution in [-0.2, 0) is 0 Å². The second kappa shape index (κ2) is 5.02. The maximum absolute atomic E-state index is 13.1. The summed E-state index contributed by atoms with van der Waals surface area (Å²) in [5.41, 5.74) is 0.521. The van der Waals surface area contributed by atoms with Gasteiger partial charge in [-0.2, -0.15) is 0 Å². The van der Waals surface area contributed by atoms with Gasteiger partial charge in [-0.1, -0.05) is 0 Å². The van der Waals surface area contributed by atoms with Crippen molar-refractivity contribution in [2.24, 2.45) is 5.92 Å². The zero-order valence-electron chi connectivity index (χ0n) is 9.86. The van der Waals surface area contributed by atoms with Crippen LogP contribution in [0.25, 0.3) is 0 Å². The van der Waals surface area contributed by atoms with Crippen molar-refractivity contribution >= 4 is 0 Å². The highest BCUT2D eigenvalue weighted by Crippen LogP contribution is 2.32. The zero-order chi connectivity index (χ0) is 12.4. The molecule has 1 aliphatic rings. The first-order valence-corrected chi connectivity index (χ1v) is 5.98. The lowest BCUT2D eigenvalue weighted by atomic mass is 10.1. The van der Waals surface area contributed by atoms with Crippen molar-refractivity contribution in [1.29, 1.82) is 0 Å². The number of aliphatic hydroxyl groups excluding tert-OH is 1. The fourth-order valence-corrected chi connectivity index (χ4v) is 1.93. The quantitative estimate of drug-likeness (QED) is 0.736. The molecule has 3 N–H and O–H groups in total. The van der Waals surface area contributed by atoms with E-state index in [0.717, 1.165) is 12.8 Å². The molecule has 1 aromatic carbocycles. The van der Waals surface area contributed by atoms with Gasteiger partial charge in [-0.3, -0.25) is 0 Å². The molecular formula is C13H18FNO2. The molecule has 2 rings (SSSR count). The van der Waals surface area contributed by atoms with Gasteiger partial charge >= 0.3 is 0 Å². The van der Waals surface area contributed by atoms with Crippen LogP contribution < -0.4 is 5.32 Å². The lowest BCUT2D eigenvalue weighted by molar-refractivity contribution is 0.145. The molecule has 1 fully saturated rings. The molecule has 0 saturated heterocycles. The lowest BCUT2D eigenvalue weighted by Gasteiger charge is -2.18. The Labute approximate surface area is 100 Å². The van der Waals surface area contributed by atoms with Crippen LogP contribution in [0.15, 0.2) is 18.2 Å². The second-order valence-corrected chi connectivity index (χ2v) is 4.74. The predicted molar refractivity (Wildman–Crippen MR) is 63.2 cm³/mol. The van der Waals surface area contributed by atoms with Crippen molar-refractivity contribution in [3.63, 3.8) is 0 Å². The maximum atomic E-state index is 13.1. The number of hydrogen-bond acceptors (Lipinski definition) is 3. The van der Waals surface area contributed by atoms with E-state index in [1.54, 1.807) is 0 Å². The summed E-state index contributed by atoms with van der Waals surface area (Å²) in [5, 5.41) is 22.4. The first-order chi connectivity index (χ1) is 8.08. The largest absolute Gasteiger partial charge is 0.508 e. The van der Waals surface area contributed by atoms with Gasteiger partial charge in [-0.25, -0.2) is 4.39 Å². The Morgan fingerprint density at radius 2 is 2.18 bits per heavy atom. The normalized spacial score (nSPS) is 19.0. The molecule has 1 aromatic rings. The van der Waals surface area contributed by atoms with Crippen LogP contribution in [-0.4, -0.2) is 22.9 Å². The Morgan fingerprint density at radius 3 is 2.82 bits per heavy atom. The van der Waals surface area contributed by atoms with Crippen molar-refractivity contribution < 1.29 is 14.6 Å². The third kappa shape index (κ3) is 3.17. The summed E-state index contributed by atoms with van der Waals surface area (Å²) in [6, 6.07) is 3.71. The molecule has 0 radical (unpaired) electrons. The van der Waals surface area contributed by atoms with Crippen LogP contribution in [0.1, 0.15) is 31.4 Å². The summed E-state index contributed by atoms with van der Waals surface area (Å²) in [7, 11) is 0. The fraction of sp³-hybridized carbons (Fsp3) is 0.538. The number of aliphatic hydroxyl groups is 1. The molecular weight excluding hydrogens is 221 g/mol. The zero-order valence-corrected chi connectivity index (χ0v) is 9.86. The smallest absolute Gasteiger partial charge is 0.123 e. The first-order valence-electron chi connectivity index (χ1n) is 5.98. The van der Waals surface area contributed by atoms with Gasteiger partial charge in [-0.05, 0) is 43.9 Å². The first kappa shape index (κ1) is 12.3. The third-order valence-electron chi connectivity index (χ3n) is 3.26. The van der Waals surface area contributed by atoms with E-state index in [-0.39, 0.29) is 23.7 Å². The van der Waals surface area contributed by atoms with Gasteiger partial charge in [0, 0.05) is 18.2 Å². The summed E-state index contributed by atoms with van der Waals surface area (Å²) in [4.78, 5) is 0. The molecule has 17 heavy (non-hydrogen) atoms. The highest BCUT2D eigenvalue weighted by atomic mass is 19.1. The van der Waals surface area contributed by atoms with Crippen molar-refractivity contribution in [2.45, 2.75) is 31.9 Å². The fourth-order valence-electron chi connectivity index (χ4n) is 1.93. The number of phenols is 1. The van der Waals surface area contributed by atoms with Crippen LogP contribution in [0, 0.1) is 11.7 Å². The highest BCUT2D eigenvalue weighted by Gasteiger charge is 2.29. The molecule has 94 valence electrons. The van der Waals surface area contributed by atoms with Gasteiger partial charge in [0.15, 0.2) is 0 Å². The van der Waals surface area contributed by atoms with Crippen molar-refractivity contribution in [1.82, 2.24) is 5.32 Å². The molecule has 2 unspecified atom stereocenters. The number of hydrogen-bond donors (Lipinski definition) is 3. The summed E-state index contributed by atoms with van der Waals surface area (Å²) < 4.78 is 13.1. The summed E-state index contributed by atoms with van der Waals surface area (Å²) in [6.45, 7) is 2.32. The number of phenolic OH excluding ortho intramolecular Hbond substituents is 1. The topological polar surface area (TPSA) is 52.5 Å². The summed E-state index contributed by atoms with van der Waals surface area (Å²) >= 11 is 0. The molecule has 1 saturated carbocycles. The minimum absolute atomic E-state index is 0.0762. The average molecular weight is 239 g/mol. The molecule has 0 amide bonds. The molecule has 0 aromatic heterocycles. The van der Waals surface area contributed by atoms with Gasteiger partial charge in [0.25, 0.3) is 0 Å². The van der Waals surface area contributed by atoms with Gasteiger partial charge in [0.2, 0.25) is 0 Å². The minimum atomic E-state index is -0.366. The average Bonchev–Trinajstić information content (AvgIpc) is 3.12. The number of benzene rings is 1. The Balaban J connectivity index is 1.93. The lowest BCUT2D eigenvalue weighted by Crippen LogP contribution is -2.30. The van der Waals surface area contributed by atoms with Crippen LogP contribution in [0.2, 0.25) is 0 Å². The van der Waals surface area contributed by atoms with E-state index >= 15 is 0 Å². The molecule has 2 atom stereocenters. The summed E-state index contributed by atoms with van der Waals surface area (Å²) in [5.74, 6) is 0.123. The van der Waals surface area contributed by atoms with Crippen LogP contribution in [0.3, 0.4) is 0 Å². The maximum Gasteiger partial charge on any atom is 0.123 e. The predicted octanol–water partition coefficient (Wildman–Crippen LogP) is 1.95. The Hall–Kier alpha value is -1.13. The van der Waals surface area contributed by atoms with E-state index in [0.29, 0.717) is 18.0 Å². The Bertz CT molecular complexity index is 393. The van der Waals surface area contributed by atoms with E-state index in [1.807, 2.05) is 6.92 Å². The Morgan fingerprint density at radius 1 is 1.47 bits per heavy atom. The van der Waals surface area contributed by atoms with E-state index in [9.17, 15) is 14.6 Å². The van der Waals surface area contributed by atoms with Crippen molar-refractivity contribution in [2.75, 3.05) is 6.54 Å². The highest BCUT2D eigenvalue weighted by molar-refractivity contribution is 5.34. The second-order valence-electron chi connectivity index (χ2n) is 4.74. The van der Waals surface area contributed by atoms with Gasteiger partial charge in [0.05, 0.1) is 6.10 Å². The monoisotopic (exact) mass is 239 g/mol. The minimum Gasteiger partial charge on any atom is -0.508 e. The standard InChI is InChI=1S/C13H18FNO2/c1-8(15-7-13(17)9-2-3-9)11-6-10(14)4-5-12(11)16/h4-6,8-9,13,15-17H,2-3,7H2,1H3. The van der Waals surface area contributed by atoms with Crippen molar-refractivity contribution in [3.05, 3.63) is 29.6 Å². The van der Waals surface area contributed by atoms with E-state index in [1.165, 1.54) is 18.2 Å². The number of halogens is 1. The molecule has 4 heteroatoms. The van der Waals surface area contributed by atoms with Crippen LogP contribution in [0.5, 0.6) is 5.75 Å². The van der Waals surface area contributed by atoms with Gasteiger partial charge in [0.1, 0.15) is 11.6 Å². The molecule has 0 aliphatic heterocycles.